The second kappa shape index (κ2) is 6.22. The second-order valence-corrected chi connectivity index (χ2v) is 8.71. The molecule has 0 aromatic heterocycles. The van der Waals surface area contributed by atoms with E-state index < -0.39 is 26.8 Å². The van der Waals surface area contributed by atoms with Gasteiger partial charge in [-0.05, 0) is 39.0 Å². The molecular formula is C13H25O5S-. The molecule has 0 aliphatic heterocycles. The summed E-state index contributed by atoms with van der Waals surface area (Å²) in [7, 11) is -4.37. The third-order valence-corrected chi connectivity index (χ3v) is 3.75. The van der Waals surface area contributed by atoms with E-state index in [9.17, 15) is 17.8 Å². The number of carbonyl (C=O) groups excluding carboxylic acids is 1. The third-order valence-electron chi connectivity index (χ3n) is 2.53. The van der Waals surface area contributed by atoms with Gasteiger partial charge in [-0.1, -0.05) is 20.8 Å². The summed E-state index contributed by atoms with van der Waals surface area (Å²) in [6.45, 7) is 10.7. The zero-order valence-electron chi connectivity index (χ0n) is 12.6. The van der Waals surface area contributed by atoms with Crippen molar-refractivity contribution >= 4 is 16.1 Å². The third kappa shape index (κ3) is 8.21. The number of hydrogen-bond donors (Lipinski definition) is 0. The summed E-state index contributed by atoms with van der Waals surface area (Å²) >= 11 is 0. The van der Waals surface area contributed by atoms with Gasteiger partial charge in [0.05, 0.1) is 27.4 Å². The lowest BCUT2D eigenvalue weighted by atomic mass is 9.89. The molecule has 6 heteroatoms. The van der Waals surface area contributed by atoms with E-state index in [1.54, 1.807) is 20.8 Å². The van der Waals surface area contributed by atoms with Gasteiger partial charge in [-0.3, -0.25) is 4.79 Å². The number of rotatable bonds is 5. The van der Waals surface area contributed by atoms with Gasteiger partial charge in [0.2, 0.25) is 0 Å². The molecule has 0 amide bonds. The molecule has 0 aromatic carbocycles. The van der Waals surface area contributed by atoms with Crippen molar-refractivity contribution in [3.63, 3.8) is 0 Å². The summed E-state index contributed by atoms with van der Waals surface area (Å²) in [5, 5.41) is -1.01. The first-order valence-electron chi connectivity index (χ1n) is 6.35. The van der Waals surface area contributed by atoms with Crippen molar-refractivity contribution in [2.45, 2.75) is 59.6 Å². The SMILES string of the molecule is CC(C)(C)CC(CCOC(=O)C(C)(C)C)S(=O)(=O)[O-]. The normalized spacial score (nSPS) is 15.1. The smallest absolute Gasteiger partial charge is 0.311 e. The first kappa shape index (κ1) is 18.4. The molecule has 0 saturated carbocycles. The quantitative estimate of drug-likeness (QED) is 0.573. The Labute approximate surface area is 116 Å². The predicted molar refractivity (Wildman–Crippen MR) is 72.6 cm³/mol. The Morgan fingerprint density at radius 2 is 1.63 bits per heavy atom. The molecule has 0 bridgehead atoms. The van der Waals surface area contributed by atoms with E-state index in [0.29, 0.717) is 0 Å². The maximum absolute atomic E-state index is 11.5. The molecule has 1 atom stereocenters. The summed E-state index contributed by atoms with van der Waals surface area (Å²) in [5.74, 6) is -0.398. The van der Waals surface area contributed by atoms with Crippen LogP contribution in [0.25, 0.3) is 0 Å². The van der Waals surface area contributed by atoms with Crippen molar-refractivity contribution in [1.29, 1.82) is 0 Å². The summed E-state index contributed by atoms with van der Waals surface area (Å²) < 4.78 is 38.6. The van der Waals surface area contributed by atoms with Crippen LogP contribution in [0.3, 0.4) is 0 Å². The van der Waals surface area contributed by atoms with Crippen LogP contribution in [0.1, 0.15) is 54.4 Å². The molecule has 1 unspecified atom stereocenters. The highest BCUT2D eigenvalue weighted by molar-refractivity contribution is 7.86. The monoisotopic (exact) mass is 293 g/mol. The Hall–Kier alpha value is -0.620. The van der Waals surface area contributed by atoms with Crippen molar-refractivity contribution in [2.24, 2.45) is 10.8 Å². The van der Waals surface area contributed by atoms with E-state index in [4.69, 9.17) is 4.74 Å². The standard InChI is InChI=1S/C13H26O5S/c1-12(2,3)9-10(19(15,16)17)7-8-18-11(14)13(4,5)6/h10H,7-9H2,1-6H3,(H,15,16,17)/p-1. The fourth-order valence-electron chi connectivity index (χ4n) is 1.53. The zero-order chi connectivity index (χ0) is 15.5. The van der Waals surface area contributed by atoms with Gasteiger partial charge in [-0.15, -0.1) is 0 Å². The number of carbonyl (C=O) groups is 1. The molecule has 114 valence electrons. The Kier molecular flexibility index (Phi) is 6.02. The highest BCUT2D eigenvalue weighted by atomic mass is 32.2. The van der Waals surface area contributed by atoms with Crippen molar-refractivity contribution in [3.8, 4) is 0 Å². The summed E-state index contributed by atoms with van der Waals surface area (Å²) in [5.41, 5.74) is -0.897. The fourth-order valence-corrected chi connectivity index (χ4v) is 2.62. The van der Waals surface area contributed by atoms with E-state index in [1.165, 1.54) is 0 Å². The van der Waals surface area contributed by atoms with Crippen molar-refractivity contribution in [3.05, 3.63) is 0 Å². The Bertz CT molecular complexity index is 398. The lowest BCUT2D eigenvalue weighted by Crippen LogP contribution is -2.29. The van der Waals surface area contributed by atoms with Gasteiger partial charge in [0, 0.05) is 0 Å². The molecule has 0 fully saturated rings. The van der Waals surface area contributed by atoms with Crippen LogP contribution in [-0.4, -0.2) is 30.8 Å². The van der Waals surface area contributed by atoms with Crippen LogP contribution in [0.4, 0.5) is 0 Å². The molecule has 0 aliphatic carbocycles. The van der Waals surface area contributed by atoms with Gasteiger partial charge >= 0.3 is 5.97 Å². The van der Waals surface area contributed by atoms with Gasteiger partial charge in [0.15, 0.2) is 0 Å². The summed E-state index contributed by atoms with van der Waals surface area (Å²) in [4.78, 5) is 11.5. The van der Waals surface area contributed by atoms with Crippen LogP contribution >= 0.6 is 0 Å². The van der Waals surface area contributed by atoms with Gasteiger partial charge in [-0.2, -0.15) is 0 Å². The predicted octanol–water partition coefficient (Wildman–Crippen LogP) is 2.32. The van der Waals surface area contributed by atoms with Crippen LogP contribution < -0.4 is 0 Å². The molecule has 19 heavy (non-hydrogen) atoms. The van der Waals surface area contributed by atoms with Gasteiger partial charge in [0.25, 0.3) is 0 Å². The minimum absolute atomic E-state index is 0.0433. The molecule has 0 rings (SSSR count). The molecular weight excluding hydrogens is 268 g/mol. The zero-order valence-corrected chi connectivity index (χ0v) is 13.5. The minimum Gasteiger partial charge on any atom is -0.748 e. The van der Waals surface area contributed by atoms with Crippen LogP contribution in [0.2, 0.25) is 0 Å². The maximum atomic E-state index is 11.5. The number of ether oxygens (including phenoxy) is 1. The first-order chi connectivity index (χ1) is 8.23. The van der Waals surface area contributed by atoms with Crippen LogP contribution in [0, 0.1) is 10.8 Å². The fraction of sp³-hybridized carbons (Fsp3) is 0.923. The molecule has 0 heterocycles. The maximum Gasteiger partial charge on any atom is 0.311 e. The molecule has 0 N–H and O–H groups in total. The second-order valence-electron chi connectivity index (χ2n) is 7.05. The van der Waals surface area contributed by atoms with E-state index in [1.807, 2.05) is 20.8 Å². The number of esters is 1. The van der Waals surface area contributed by atoms with Crippen molar-refractivity contribution in [1.82, 2.24) is 0 Å². The van der Waals surface area contributed by atoms with E-state index >= 15 is 0 Å². The van der Waals surface area contributed by atoms with E-state index in [2.05, 4.69) is 0 Å². The Balaban J connectivity index is 4.51. The average molecular weight is 293 g/mol. The van der Waals surface area contributed by atoms with Gasteiger partial charge in [0.1, 0.15) is 0 Å². The topological polar surface area (TPSA) is 83.5 Å². The lowest BCUT2D eigenvalue weighted by molar-refractivity contribution is -0.153. The molecule has 5 nitrogen and oxygen atoms in total. The summed E-state index contributed by atoms with van der Waals surface area (Å²) in [6, 6.07) is 0. The van der Waals surface area contributed by atoms with Crippen LogP contribution in [0.5, 0.6) is 0 Å². The highest BCUT2D eigenvalue weighted by Gasteiger charge is 2.26. The van der Waals surface area contributed by atoms with Crippen LogP contribution in [-0.2, 0) is 19.6 Å². The number of hydrogen-bond acceptors (Lipinski definition) is 5. The lowest BCUT2D eigenvalue weighted by Gasteiger charge is -2.28. The molecule has 0 aliphatic rings. The largest absolute Gasteiger partial charge is 0.748 e. The molecule has 0 aromatic rings. The first-order valence-corrected chi connectivity index (χ1v) is 7.82. The average Bonchev–Trinajstić information content (AvgIpc) is 2.10. The van der Waals surface area contributed by atoms with E-state index in [0.717, 1.165) is 0 Å². The molecule has 0 saturated heterocycles. The van der Waals surface area contributed by atoms with Crippen LogP contribution in [0.15, 0.2) is 0 Å². The summed E-state index contributed by atoms with van der Waals surface area (Å²) in [6.07, 6.45) is 0.302. The molecule has 0 radical (unpaired) electrons. The highest BCUT2D eigenvalue weighted by Crippen LogP contribution is 2.26. The van der Waals surface area contributed by atoms with Gasteiger partial charge in [-0.25, -0.2) is 8.42 Å². The minimum atomic E-state index is -4.37. The Morgan fingerprint density at radius 3 is 1.95 bits per heavy atom. The van der Waals surface area contributed by atoms with Crippen molar-refractivity contribution < 1.29 is 22.5 Å². The van der Waals surface area contributed by atoms with Gasteiger partial charge < -0.3 is 9.29 Å². The van der Waals surface area contributed by atoms with Crippen molar-refractivity contribution in [2.75, 3.05) is 6.61 Å². The Morgan fingerprint density at radius 1 is 1.16 bits per heavy atom. The molecule has 0 spiro atoms. The van der Waals surface area contributed by atoms with E-state index in [-0.39, 0.29) is 24.9 Å².